The summed E-state index contributed by atoms with van der Waals surface area (Å²) >= 11 is 0. The van der Waals surface area contributed by atoms with Crippen LogP contribution in [0.25, 0.3) is 21.5 Å². The first-order valence-corrected chi connectivity index (χ1v) is 15.0. The van der Waals surface area contributed by atoms with Gasteiger partial charge in [-0.3, -0.25) is 9.59 Å². The van der Waals surface area contributed by atoms with Crippen molar-refractivity contribution >= 4 is 45.3 Å². The van der Waals surface area contributed by atoms with Gasteiger partial charge in [-0.15, -0.1) is 0 Å². The van der Waals surface area contributed by atoms with Crippen LogP contribution >= 0.6 is 0 Å². The Kier molecular flexibility index (Phi) is 11.1. The molecule has 4 aromatic rings. The van der Waals surface area contributed by atoms with Crippen LogP contribution in [0.4, 0.5) is 0 Å². The van der Waals surface area contributed by atoms with Crippen molar-refractivity contribution in [3.8, 4) is 0 Å². The molecule has 0 bridgehead atoms. The summed E-state index contributed by atoms with van der Waals surface area (Å²) < 4.78 is 10.9. The van der Waals surface area contributed by atoms with Crippen LogP contribution in [0, 0.1) is 11.8 Å². The number of fused-ring (bicyclic) bond motifs is 2. The van der Waals surface area contributed by atoms with Gasteiger partial charge >= 0.3 is 23.8 Å². The molecule has 0 aromatic heterocycles. The van der Waals surface area contributed by atoms with E-state index in [-0.39, 0.29) is 37.9 Å². The number of hydrogen-bond acceptors (Lipinski definition) is 6. The van der Waals surface area contributed by atoms with Gasteiger partial charge in [-0.2, -0.15) is 0 Å². The third kappa shape index (κ3) is 8.66. The molecule has 0 saturated heterocycles. The SMILES string of the molecule is CC(C)COC(=O)C(Cc1cccc2ccccc12)NC(=O)C(=O)NC(Cc1cccc2ccccc12)C(=O)OCC(C)C. The van der Waals surface area contributed by atoms with Gasteiger partial charge in [0.25, 0.3) is 0 Å². The van der Waals surface area contributed by atoms with Crippen molar-refractivity contribution in [1.29, 1.82) is 0 Å². The summed E-state index contributed by atoms with van der Waals surface area (Å²) in [6, 6.07) is 24.7. The zero-order valence-electron chi connectivity index (χ0n) is 25.7. The predicted molar refractivity (Wildman–Crippen MR) is 171 cm³/mol. The van der Waals surface area contributed by atoms with Crippen molar-refractivity contribution in [2.75, 3.05) is 13.2 Å². The van der Waals surface area contributed by atoms with Crippen molar-refractivity contribution in [1.82, 2.24) is 10.6 Å². The molecule has 0 aliphatic rings. The fraction of sp³-hybridized carbons (Fsp3) is 0.333. The number of hydrogen-bond donors (Lipinski definition) is 2. The van der Waals surface area contributed by atoms with Gasteiger partial charge in [0.05, 0.1) is 13.2 Å². The second-order valence-corrected chi connectivity index (χ2v) is 11.8. The molecule has 230 valence electrons. The number of benzene rings is 4. The van der Waals surface area contributed by atoms with Gasteiger partial charge in [0.2, 0.25) is 0 Å². The van der Waals surface area contributed by atoms with Gasteiger partial charge in [-0.1, -0.05) is 113 Å². The number of carbonyl (C=O) groups excluding carboxylic acids is 4. The van der Waals surface area contributed by atoms with Crippen LogP contribution in [0.3, 0.4) is 0 Å². The number of carbonyl (C=O) groups is 4. The lowest BCUT2D eigenvalue weighted by Gasteiger charge is -2.21. The molecular formula is C36H40N2O6. The van der Waals surface area contributed by atoms with Gasteiger partial charge in [-0.05, 0) is 44.5 Å². The Bertz CT molecular complexity index is 1500. The van der Waals surface area contributed by atoms with E-state index in [0.717, 1.165) is 32.7 Å². The van der Waals surface area contributed by atoms with Crippen molar-refractivity contribution in [3.05, 3.63) is 96.1 Å². The molecule has 4 aromatic carbocycles. The lowest BCUT2D eigenvalue weighted by molar-refractivity contribution is -0.152. The predicted octanol–water partition coefficient (Wildman–Crippen LogP) is 5.15. The first-order valence-electron chi connectivity index (χ1n) is 15.0. The summed E-state index contributed by atoms with van der Waals surface area (Å²) in [4.78, 5) is 52.8. The summed E-state index contributed by atoms with van der Waals surface area (Å²) in [6.45, 7) is 7.98. The molecule has 0 radical (unpaired) electrons. The molecule has 2 amide bonds. The zero-order valence-corrected chi connectivity index (χ0v) is 25.7. The quantitative estimate of drug-likeness (QED) is 0.173. The Morgan fingerprint density at radius 2 is 0.909 bits per heavy atom. The fourth-order valence-electron chi connectivity index (χ4n) is 4.91. The smallest absolute Gasteiger partial charge is 0.329 e. The lowest BCUT2D eigenvalue weighted by atomic mass is 9.98. The lowest BCUT2D eigenvalue weighted by Crippen LogP contribution is -2.53. The van der Waals surface area contributed by atoms with E-state index in [1.165, 1.54) is 0 Å². The highest BCUT2D eigenvalue weighted by atomic mass is 16.5. The summed E-state index contributed by atoms with van der Waals surface area (Å²) in [6.07, 6.45) is 0.236. The van der Waals surface area contributed by atoms with Crippen molar-refractivity contribution < 1.29 is 28.7 Å². The Morgan fingerprint density at radius 3 is 1.30 bits per heavy atom. The molecule has 0 fully saturated rings. The van der Waals surface area contributed by atoms with Crippen LogP contribution in [0.2, 0.25) is 0 Å². The van der Waals surface area contributed by atoms with Crippen molar-refractivity contribution in [3.63, 3.8) is 0 Å². The average Bonchev–Trinajstić information content (AvgIpc) is 3.01. The molecule has 0 spiro atoms. The molecular weight excluding hydrogens is 556 g/mol. The van der Waals surface area contributed by atoms with Gasteiger partial charge < -0.3 is 20.1 Å². The number of esters is 2. The maximum atomic E-state index is 13.3. The highest BCUT2D eigenvalue weighted by molar-refractivity contribution is 6.35. The maximum Gasteiger partial charge on any atom is 0.329 e. The largest absolute Gasteiger partial charge is 0.464 e. The summed E-state index contributed by atoms with van der Waals surface area (Å²) in [5.74, 6) is -3.20. The van der Waals surface area contributed by atoms with Gasteiger partial charge in [0.15, 0.2) is 0 Å². The molecule has 44 heavy (non-hydrogen) atoms. The third-order valence-corrected chi connectivity index (χ3v) is 7.11. The van der Waals surface area contributed by atoms with Crippen molar-refractivity contribution in [2.45, 2.75) is 52.6 Å². The summed E-state index contributed by atoms with van der Waals surface area (Å²) in [5, 5.41) is 8.96. The molecule has 0 aliphatic heterocycles. The van der Waals surface area contributed by atoms with Gasteiger partial charge in [0, 0.05) is 12.8 Å². The van der Waals surface area contributed by atoms with Crippen LogP contribution in [0.1, 0.15) is 38.8 Å². The number of amides is 2. The molecule has 8 nitrogen and oxygen atoms in total. The second-order valence-electron chi connectivity index (χ2n) is 11.8. The van der Waals surface area contributed by atoms with Crippen LogP contribution < -0.4 is 10.6 Å². The van der Waals surface area contributed by atoms with Crippen LogP contribution in [-0.2, 0) is 41.5 Å². The third-order valence-electron chi connectivity index (χ3n) is 7.11. The van der Waals surface area contributed by atoms with Crippen LogP contribution in [0.5, 0.6) is 0 Å². The number of nitrogens with one attached hydrogen (secondary N) is 2. The Morgan fingerprint density at radius 1 is 0.545 bits per heavy atom. The minimum atomic E-state index is -1.12. The standard InChI is InChI=1S/C36H40N2O6/c1-23(2)21-43-35(41)31(19-27-15-9-13-25-11-5-7-17-29(25)27)37-33(39)34(40)38-32(36(42)44-22-24(3)4)20-28-16-10-14-26-12-6-8-18-30(26)28/h5-18,23-24,31-32H,19-22H2,1-4H3,(H,37,39)(H,38,40). The first kappa shape index (κ1) is 32.2. The minimum Gasteiger partial charge on any atom is -0.464 e. The maximum absolute atomic E-state index is 13.3. The van der Waals surface area contributed by atoms with E-state index in [1.807, 2.05) is 113 Å². The molecule has 8 heteroatoms. The molecule has 2 unspecified atom stereocenters. The molecule has 2 atom stereocenters. The van der Waals surface area contributed by atoms with E-state index in [0.29, 0.717) is 0 Å². The monoisotopic (exact) mass is 596 g/mol. The van der Waals surface area contributed by atoms with Crippen LogP contribution in [0.15, 0.2) is 84.9 Å². The van der Waals surface area contributed by atoms with E-state index >= 15 is 0 Å². The highest BCUT2D eigenvalue weighted by Gasteiger charge is 2.30. The normalized spacial score (nSPS) is 12.6. The second kappa shape index (κ2) is 15.1. The molecule has 0 aliphatic carbocycles. The first-order chi connectivity index (χ1) is 21.1. The Labute approximate surface area is 258 Å². The summed E-state index contributed by atoms with van der Waals surface area (Å²) in [7, 11) is 0. The Hall–Kier alpha value is -4.72. The van der Waals surface area contributed by atoms with E-state index in [4.69, 9.17) is 9.47 Å². The average molecular weight is 597 g/mol. The summed E-state index contributed by atoms with van der Waals surface area (Å²) in [5.41, 5.74) is 1.64. The molecule has 0 heterocycles. The highest BCUT2D eigenvalue weighted by Crippen LogP contribution is 2.22. The van der Waals surface area contributed by atoms with E-state index in [2.05, 4.69) is 10.6 Å². The molecule has 4 rings (SSSR count). The topological polar surface area (TPSA) is 111 Å². The number of ether oxygens (including phenoxy) is 2. The minimum absolute atomic E-state index is 0.0860. The van der Waals surface area contributed by atoms with Crippen LogP contribution in [-0.4, -0.2) is 49.1 Å². The fourth-order valence-corrected chi connectivity index (χ4v) is 4.91. The molecule has 0 saturated carbocycles. The number of rotatable bonds is 12. The van der Waals surface area contributed by atoms with E-state index in [9.17, 15) is 19.2 Å². The van der Waals surface area contributed by atoms with E-state index < -0.39 is 35.8 Å². The van der Waals surface area contributed by atoms with Crippen molar-refractivity contribution in [2.24, 2.45) is 11.8 Å². The molecule has 2 N–H and O–H groups in total. The van der Waals surface area contributed by atoms with Gasteiger partial charge in [-0.25, -0.2) is 9.59 Å². The zero-order chi connectivity index (χ0) is 31.6. The van der Waals surface area contributed by atoms with E-state index in [1.54, 1.807) is 0 Å². The van der Waals surface area contributed by atoms with Gasteiger partial charge in [0.1, 0.15) is 12.1 Å². The Balaban J connectivity index is 1.54.